The zero-order valence-electron chi connectivity index (χ0n) is 16.3. The smallest absolute Gasteiger partial charge is 0.191 e. The average molecular weight is 503 g/mol. The lowest BCUT2D eigenvalue weighted by Gasteiger charge is -2.13. The summed E-state index contributed by atoms with van der Waals surface area (Å²) >= 11 is 1.74. The molecule has 1 heterocycles. The van der Waals surface area contributed by atoms with Crippen LogP contribution in [0.1, 0.15) is 29.3 Å². The fourth-order valence-electron chi connectivity index (χ4n) is 2.40. The van der Waals surface area contributed by atoms with Crippen molar-refractivity contribution < 1.29 is 9.47 Å². The van der Waals surface area contributed by atoms with Gasteiger partial charge < -0.3 is 20.1 Å². The summed E-state index contributed by atoms with van der Waals surface area (Å²) in [6.45, 7) is 7.66. The van der Waals surface area contributed by atoms with Gasteiger partial charge in [-0.2, -0.15) is 0 Å². The maximum atomic E-state index is 5.94. The van der Waals surface area contributed by atoms with Crippen molar-refractivity contribution in [3.8, 4) is 5.75 Å². The molecule has 27 heavy (non-hydrogen) atoms. The van der Waals surface area contributed by atoms with Crippen LogP contribution in [-0.2, 0) is 17.8 Å². The molecule has 0 aliphatic heterocycles. The Morgan fingerprint density at radius 1 is 1.19 bits per heavy atom. The van der Waals surface area contributed by atoms with Crippen LogP contribution in [0.5, 0.6) is 5.75 Å². The Morgan fingerprint density at radius 3 is 2.74 bits per heavy atom. The van der Waals surface area contributed by atoms with Crippen LogP contribution in [0.25, 0.3) is 0 Å². The van der Waals surface area contributed by atoms with E-state index in [-0.39, 0.29) is 24.0 Å². The lowest BCUT2D eigenvalue weighted by Crippen LogP contribution is -2.36. The largest absolute Gasteiger partial charge is 0.493 e. The molecule has 0 aliphatic carbocycles. The van der Waals surface area contributed by atoms with Crippen molar-refractivity contribution in [2.45, 2.75) is 33.4 Å². The molecule has 2 rings (SSSR count). The van der Waals surface area contributed by atoms with E-state index >= 15 is 0 Å². The Hall–Kier alpha value is -1.32. The number of hydrogen-bond donors (Lipinski definition) is 2. The molecular formula is C20H30IN3O2S. The Morgan fingerprint density at radius 2 is 2.04 bits per heavy atom. The van der Waals surface area contributed by atoms with Gasteiger partial charge >= 0.3 is 0 Å². The SMILES string of the molecule is CCNC(=NCc1ccc(C)cc1OCCCOC)NCc1cccs1.I. The Balaban J connectivity index is 0.00000364. The van der Waals surface area contributed by atoms with Crippen LogP contribution < -0.4 is 15.4 Å². The van der Waals surface area contributed by atoms with Gasteiger partial charge in [0.2, 0.25) is 0 Å². The first-order valence-corrected chi connectivity index (χ1v) is 9.86. The molecular weight excluding hydrogens is 473 g/mol. The van der Waals surface area contributed by atoms with Crippen molar-refractivity contribution in [1.82, 2.24) is 10.6 Å². The molecule has 0 unspecified atom stereocenters. The summed E-state index contributed by atoms with van der Waals surface area (Å²) in [4.78, 5) is 6.00. The topological polar surface area (TPSA) is 54.9 Å². The summed E-state index contributed by atoms with van der Waals surface area (Å²) in [5.74, 6) is 1.71. The number of nitrogens with zero attached hydrogens (tertiary/aromatic N) is 1. The highest BCUT2D eigenvalue weighted by Crippen LogP contribution is 2.21. The van der Waals surface area contributed by atoms with Crippen molar-refractivity contribution >= 4 is 41.3 Å². The molecule has 2 aromatic rings. The maximum absolute atomic E-state index is 5.94. The molecule has 1 aromatic carbocycles. The van der Waals surface area contributed by atoms with Crippen LogP contribution >= 0.6 is 35.3 Å². The van der Waals surface area contributed by atoms with Crippen molar-refractivity contribution in [3.05, 3.63) is 51.7 Å². The summed E-state index contributed by atoms with van der Waals surface area (Å²) in [5, 5.41) is 8.75. The molecule has 0 saturated heterocycles. The number of nitrogens with one attached hydrogen (secondary N) is 2. The fraction of sp³-hybridized carbons (Fsp3) is 0.450. The van der Waals surface area contributed by atoms with Crippen molar-refractivity contribution in [2.24, 2.45) is 4.99 Å². The highest BCUT2D eigenvalue weighted by molar-refractivity contribution is 14.0. The van der Waals surface area contributed by atoms with E-state index in [4.69, 9.17) is 14.5 Å². The maximum Gasteiger partial charge on any atom is 0.191 e. The van der Waals surface area contributed by atoms with Gasteiger partial charge in [0.1, 0.15) is 5.75 Å². The minimum Gasteiger partial charge on any atom is -0.493 e. The Bertz CT molecular complexity index is 678. The van der Waals surface area contributed by atoms with Crippen LogP contribution in [-0.4, -0.2) is 32.8 Å². The van der Waals surface area contributed by atoms with Gasteiger partial charge in [0.05, 0.1) is 19.7 Å². The van der Waals surface area contributed by atoms with E-state index in [1.54, 1.807) is 18.4 Å². The zero-order chi connectivity index (χ0) is 18.6. The third-order valence-electron chi connectivity index (χ3n) is 3.73. The van der Waals surface area contributed by atoms with E-state index in [0.717, 1.165) is 36.8 Å². The van der Waals surface area contributed by atoms with Gasteiger partial charge in [-0.1, -0.05) is 18.2 Å². The minimum atomic E-state index is 0. The van der Waals surface area contributed by atoms with Gasteiger partial charge in [0, 0.05) is 37.1 Å². The minimum absolute atomic E-state index is 0. The van der Waals surface area contributed by atoms with Crippen LogP contribution in [0.4, 0.5) is 0 Å². The van der Waals surface area contributed by atoms with Gasteiger partial charge in [-0.05, 0) is 36.9 Å². The Kier molecular flexibility index (Phi) is 12.1. The predicted molar refractivity (Wildman–Crippen MR) is 125 cm³/mol. The van der Waals surface area contributed by atoms with Crippen molar-refractivity contribution in [3.63, 3.8) is 0 Å². The zero-order valence-corrected chi connectivity index (χ0v) is 19.4. The first kappa shape index (κ1) is 23.7. The molecule has 0 spiro atoms. The molecule has 0 radical (unpaired) electrons. The van der Waals surface area contributed by atoms with E-state index in [1.807, 2.05) is 0 Å². The number of rotatable bonds is 10. The lowest BCUT2D eigenvalue weighted by molar-refractivity contribution is 0.172. The van der Waals surface area contributed by atoms with Gasteiger partial charge in [0.25, 0.3) is 0 Å². The summed E-state index contributed by atoms with van der Waals surface area (Å²) in [7, 11) is 1.71. The fourth-order valence-corrected chi connectivity index (χ4v) is 3.05. The van der Waals surface area contributed by atoms with E-state index in [9.17, 15) is 0 Å². The number of ether oxygens (including phenoxy) is 2. The van der Waals surface area contributed by atoms with Crippen molar-refractivity contribution in [2.75, 3.05) is 26.9 Å². The van der Waals surface area contributed by atoms with E-state index in [0.29, 0.717) is 19.8 Å². The third-order valence-corrected chi connectivity index (χ3v) is 4.61. The number of hydrogen-bond acceptors (Lipinski definition) is 4. The predicted octanol–water partition coefficient (Wildman–Crippen LogP) is 4.35. The summed E-state index contributed by atoms with van der Waals surface area (Å²) in [6, 6.07) is 10.4. The number of halogens is 1. The molecule has 0 saturated carbocycles. The summed E-state index contributed by atoms with van der Waals surface area (Å²) in [5.41, 5.74) is 2.27. The van der Waals surface area contributed by atoms with Crippen LogP contribution in [0, 0.1) is 6.92 Å². The highest BCUT2D eigenvalue weighted by atomic mass is 127. The monoisotopic (exact) mass is 503 g/mol. The van der Waals surface area contributed by atoms with E-state index in [1.165, 1.54) is 10.4 Å². The van der Waals surface area contributed by atoms with Gasteiger partial charge in [0.15, 0.2) is 5.96 Å². The first-order chi connectivity index (χ1) is 12.7. The second-order valence-electron chi connectivity index (χ2n) is 5.93. The molecule has 150 valence electrons. The lowest BCUT2D eigenvalue weighted by atomic mass is 10.1. The normalized spacial score (nSPS) is 11.0. The summed E-state index contributed by atoms with van der Waals surface area (Å²) < 4.78 is 11.0. The summed E-state index contributed by atoms with van der Waals surface area (Å²) in [6.07, 6.45) is 0.873. The second-order valence-corrected chi connectivity index (χ2v) is 6.97. The molecule has 5 nitrogen and oxygen atoms in total. The van der Waals surface area contributed by atoms with Crippen LogP contribution in [0.15, 0.2) is 40.7 Å². The van der Waals surface area contributed by atoms with Crippen LogP contribution in [0.3, 0.4) is 0 Å². The van der Waals surface area contributed by atoms with E-state index < -0.39 is 0 Å². The molecule has 0 aliphatic rings. The van der Waals surface area contributed by atoms with Gasteiger partial charge in [-0.25, -0.2) is 4.99 Å². The van der Waals surface area contributed by atoms with Gasteiger partial charge in [-0.15, -0.1) is 35.3 Å². The van der Waals surface area contributed by atoms with Crippen LogP contribution in [0.2, 0.25) is 0 Å². The third kappa shape index (κ3) is 8.94. The molecule has 0 fully saturated rings. The number of thiophene rings is 1. The number of aryl methyl sites for hydroxylation is 1. The van der Waals surface area contributed by atoms with Gasteiger partial charge in [-0.3, -0.25) is 0 Å². The Labute approximate surface area is 183 Å². The first-order valence-electron chi connectivity index (χ1n) is 8.98. The molecule has 1 aromatic heterocycles. The average Bonchev–Trinajstić information content (AvgIpc) is 3.16. The quantitative estimate of drug-likeness (QED) is 0.219. The standard InChI is InChI=1S/C20H29N3O2S.HI/c1-4-21-20(23-15-18-7-5-12-26-18)22-14-17-9-8-16(2)13-19(17)25-11-6-10-24-3;/h5,7-9,12-13H,4,6,10-11,14-15H2,1-3H3,(H2,21,22,23);1H. The molecule has 0 bridgehead atoms. The van der Waals surface area contributed by atoms with Crippen molar-refractivity contribution in [1.29, 1.82) is 0 Å². The molecule has 2 N–H and O–H groups in total. The second kappa shape index (κ2) is 13.8. The number of aliphatic imine (C=N–C) groups is 1. The van der Waals surface area contributed by atoms with E-state index in [2.05, 4.69) is 60.2 Å². The number of guanidine groups is 1. The molecule has 0 atom stereocenters. The highest BCUT2D eigenvalue weighted by Gasteiger charge is 2.05. The number of benzene rings is 1. The number of methoxy groups -OCH3 is 1. The molecule has 0 amide bonds. The molecule has 7 heteroatoms.